The monoisotopic (exact) mass is 378 g/mol. The van der Waals surface area contributed by atoms with Gasteiger partial charge in [-0.1, -0.05) is 29.8 Å². The highest BCUT2D eigenvalue weighted by molar-refractivity contribution is 6.30. The van der Waals surface area contributed by atoms with Gasteiger partial charge in [0.25, 0.3) is 0 Å². The van der Waals surface area contributed by atoms with Crippen molar-refractivity contribution >= 4 is 23.4 Å². The predicted molar refractivity (Wildman–Crippen MR) is 80.6 cm³/mol. The average Bonchev–Trinajstić information content (AvgIpc) is 2.87. The number of halogens is 7. The number of hydrogen-bond donors (Lipinski definition) is 0. The highest BCUT2D eigenvalue weighted by Gasteiger charge is 2.49. The normalized spacial score (nSPS) is 19.0. The second-order valence-corrected chi connectivity index (χ2v) is 5.84. The Morgan fingerprint density at radius 1 is 0.920 bits per heavy atom. The lowest BCUT2D eigenvalue weighted by Gasteiger charge is -2.16. The summed E-state index contributed by atoms with van der Waals surface area (Å²) in [7, 11) is 0. The number of rotatable bonds is 1. The number of alkyl halides is 6. The van der Waals surface area contributed by atoms with Gasteiger partial charge in [0.2, 0.25) is 6.10 Å². The summed E-state index contributed by atoms with van der Waals surface area (Å²) in [6, 6.07) is 8.40. The Morgan fingerprint density at radius 3 is 2.12 bits per heavy atom. The van der Waals surface area contributed by atoms with Crippen LogP contribution in [0.5, 0.6) is 0 Å². The molecule has 1 aliphatic rings. The van der Waals surface area contributed by atoms with Gasteiger partial charge in [-0.3, -0.25) is 0 Å². The summed E-state index contributed by atoms with van der Waals surface area (Å²) in [5, 5.41) is 0.442. The van der Waals surface area contributed by atoms with Crippen molar-refractivity contribution in [3.8, 4) is 0 Å². The molecule has 0 fully saturated rings. The topological polar surface area (TPSA) is 9.23 Å². The van der Waals surface area contributed by atoms with E-state index in [0.717, 1.165) is 12.1 Å². The van der Waals surface area contributed by atoms with Crippen molar-refractivity contribution in [3.63, 3.8) is 0 Å². The van der Waals surface area contributed by atoms with Gasteiger partial charge in [-0.2, -0.15) is 26.3 Å². The first-order valence-corrected chi connectivity index (χ1v) is 7.35. The van der Waals surface area contributed by atoms with Gasteiger partial charge in [-0.25, -0.2) is 0 Å². The van der Waals surface area contributed by atoms with Gasteiger partial charge in [0.05, 0.1) is 5.56 Å². The minimum Gasteiger partial charge on any atom is -0.475 e. The van der Waals surface area contributed by atoms with Crippen LogP contribution in [0.1, 0.15) is 28.4 Å². The molecule has 0 saturated heterocycles. The summed E-state index contributed by atoms with van der Waals surface area (Å²) in [6.45, 7) is 0. The molecule has 2 aromatic rings. The second kappa shape index (κ2) is 5.98. The lowest BCUT2D eigenvalue weighted by atomic mass is 9.99. The first-order chi connectivity index (χ1) is 11.6. The summed E-state index contributed by atoms with van der Waals surface area (Å²) in [6.07, 6.45) is -10.7. The van der Waals surface area contributed by atoms with Gasteiger partial charge in [0.1, 0.15) is 5.76 Å². The molecular formula is C17H9ClF6O. The van der Waals surface area contributed by atoms with Crippen molar-refractivity contribution in [1.82, 2.24) is 0 Å². The maximum atomic E-state index is 13.2. The molecule has 0 N–H and O–H groups in total. The molecule has 0 saturated carbocycles. The van der Waals surface area contributed by atoms with Crippen molar-refractivity contribution in [2.75, 3.05) is 0 Å². The van der Waals surface area contributed by atoms with Crippen LogP contribution in [-0.4, -0.2) is 6.18 Å². The fraction of sp³-hybridized carbons (Fsp3) is 0.176. The molecule has 1 nitrogen and oxygen atoms in total. The molecular weight excluding hydrogens is 370 g/mol. The van der Waals surface area contributed by atoms with Crippen LogP contribution in [0.4, 0.5) is 26.3 Å². The van der Waals surface area contributed by atoms with Crippen molar-refractivity contribution in [1.29, 1.82) is 0 Å². The lowest BCUT2D eigenvalue weighted by molar-refractivity contribution is -0.201. The molecule has 1 atom stereocenters. The first-order valence-electron chi connectivity index (χ1n) is 6.98. The molecule has 0 spiro atoms. The van der Waals surface area contributed by atoms with Crippen molar-refractivity contribution < 1.29 is 31.1 Å². The zero-order chi connectivity index (χ0) is 18.4. The highest BCUT2D eigenvalue weighted by atomic mass is 35.5. The van der Waals surface area contributed by atoms with Crippen LogP contribution in [0.15, 0.2) is 42.5 Å². The van der Waals surface area contributed by atoms with E-state index in [4.69, 9.17) is 16.3 Å². The first kappa shape index (κ1) is 17.7. The quantitative estimate of drug-likeness (QED) is 0.515. The molecule has 0 aliphatic carbocycles. The van der Waals surface area contributed by atoms with Gasteiger partial charge < -0.3 is 4.74 Å². The zero-order valence-corrected chi connectivity index (χ0v) is 13.0. The fourth-order valence-corrected chi connectivity index (χ4v) is 2.63. The third-order valence-corrected chi connectivity index (χ3v) is 3.89. The van der Waals surface area contributed by atoms with Crippen molar-refractivity contribution in [3.05, 3.63) is 69.7 Å². The Kier molecular flexibility index (Phi) is 4.23. The largest absolute Gasteiger partial charge is 0.475 e. The van der Waals surface area contributed by atoms with Gasteiger partial charge in [0, 0.05) is 16.1 Å². The standard InChI is InChI=1S/C17H9ClF6O/c18-11-4-1-9(2-5-11)7-14-12-6-3-10(16(19,20)21)8-13(12)15(25-14)17(22,23)24/h1-8,15H/b14-7-. The smallest absolute Gasteiger partial charge is 0.429 e. The molecule has 1 unspecified atom stereocenters. The predicted octanol–water partition coefficient (Wildman–Crippen LogP) is 6.49. The van der Waals surface area contributed by atoms with Crippen LogP contribution in [0.2, 0.25) is 5.02 Å². The Morgan fingerprint density at radius 2 is 1.56 bits per heavy atom. The molecule has 0 radical (unpaired) electrons. The van der Waals surface area contributed by atoms with Crippen LogP contribution in [0, 0.1) is 0 Å². The minimum atomic E-state index is -4.84. The summed E-state index contributed by atoms with van der Waals surface area (Å²) in [5.41, 5.74) is -1.22. The van der Waals surface area contributed by atoms with E-state index >= 15 is 0 Å². The highest BCUT2D eigenvalue weighted by Crippen LogP contribution is 2.49. The third kappa shape index (κ3) is 3.61. The number of ether oxygens (including phenoxy) is 1. The summed E-state index contributed by atoms with van der Waals surface area (Å²) < 4.78 is 82.9. The molecule has 132 valence electrons. The molecule has 2 aromatic carbocycles. The van der Waals surface area contributed by atoms with Crippen LogP contribution in [-0.2, 0) is 10.9 Å². The van der Waals surface area contributed by atoms with Crippen LogP contribution >= 0.6 is 11.6 Å². The van der Waals surface area contributed by atoms with Gasteiger partial charge in [0.15, 0.2) is 0 Å². The number of fused-ring (bicyclic) bond motifs is 1. The van der Waals surface area contributed by atoms with Gasteiger partial charge in [-0.05, 0) is 35.9 Å². The number of benzene rings is 2. The molecule has 1 aliphatic heterocycles. The lowest BCUT2D eigenvalue weighted by Crippen LogP contribution is -2.20. The molecule has 0 aromatic heterocycles. The van der Waals surface area contributed by atoms with E-state index in [1.54, 1.807) is 12.1 Å². The molecule has 1 heterocycles. The minimum absolute atomic E-state index is 0.0229. The average molecular weight is 379 g/mol. The molecule has 8 heteroatoms. The van der Waals surface area contributed by atoms with E-state index in [0.29, 0.717) is 16.7 Å². The van der Waals surface area contributed by atoms with Crippen LogP contribution in [0.25, 0.3) is 11.8 Å². The number of hydrogen-bond acceptors (Lipinski definition) is 1. The SMILES string of the molecule is FC(F)(F)c1ccc2c(c1)C(C(F)(F)F)O/C2=C\c1ccc(Cl)cc1. The van der Waals surface area contributed by atoms with E-state index in [9.17, 15) is 26.3 Å². The van der Waals surface area contributed by atoms with E-state index in [1.807, 2.05) is 0 Å². The Bertz CT molecular complexity index is 821. The maximum Gasteiger partial charge on any atom is 0.429 e. The van der Waals surface area contributed by atoms with Gasteiger partial charge in [-0.15, -0.1) is 0 Å². The Hall–Kier alpha value is -2.15. The second-order valence-electron chi connectivity index (χ2n) is 5.40. The molecule has 3 rings (SSSR count). The van der Waals surface area contributed by atoms with E-state index in [2.05, 4.69) is 0 Å². The Balaban J connectivity index is 2.10. The van der Waals surface area contributed by atoms with Crippen molar-refractivity contribution in [2.45, 2.75) is 18.5 Å². The van der Waals surface area contributed by atoms with E-state index in [-0.39, 0.29) is 11.3 Å². The third-order valence-electron chi connectivity index (χ3n) is 3.64. The molecule has 0 amide bonds. The summed E-state index contributed by atoms with van der Waals surface area (Å²) in [5.74, 6) is -0.145. The Labute approximate surface area is 143 Å². The maximum absolute atomic E-state index is 13.2. The van der Waals surface area contributed by atoms with Gasteiger partial charge >= 0.3 is 12.4 Å². The molecule has 0 bridgehead atoms. The fourth-order valence-electron chi connectivity index (χ4n) is 2.50. The molecule has 25 heavy (non-hydrogen) atoms. The van der Waals surface area contributed by atoms with Crippen LogP contribution < -0.4 is 0 Å². The zero-order valence-electron chi connectivity index (χ0n) is 12.3. The summed E-state index contributed by atoms with van der Waals surface area (Å²) >= 11 is 5.75. The summed E-state index contributed by atoms with van der Waals surface area (Å²) in [4.78, 5) is 0. The van der Waals surface area contributed by atoms with E-state index < -0.39 is 29.6 Å². The van der Waals surface area contributed by atoms with Crippen LogP contribution in [0.3, 0.4) is 0 Å². The van der Waals surface area contributed by atoms with E-state index in [1.165, 1.54) is 18.2 Å². The van der Waals surface area contributed by atoms with Crippen molar-refractivity contribution in [2.24, 2.45) is 0 Å².